The molecule has 1 atom stereocenters. The zero-order chi connectivity index (χ0) is 18.8. The Hall–Kier alpha value is -3.40. The number of nitrogens with two attached hydrogens (primary N) is 1. The minimum Gasteiger partial charge on any atom is -0.493 e. The van der Waals surface area contributed by atoms with Gasteiger partial charge in [0.1, 0.15) is 23.2 Å². The van der Waals surface area contributed by atoms with Gasteiger partial charge >= 0.3 is 5.63 Å². The number of allylic oxidation sites excluding steroid dienone is 1. The summed E-state index contributed by atoms with van der Waals surface area (Å²) in [6.45, 7) is 3.93. The predicted molar refractivity (Wildman–Crippen MR) is 93.2 cm³/mol. The summed E-state index contributed by atoms with van der Waals surface area (Å²) in [5, 5.41) is 9.58. The maximum Gasteiger partial charge on any atom is 0.343 e. The molecule has 1 aromatic heterocycles. The van der Waals surface area contributed by atoms with Crippen molar-refractivity contribution in [1.82, 2.24) is 0 Å². The van der Waals surface area contributed by atoms with E-state index >= 15 is 0 Å². The van der Waals surface area contributed by atoms with Crippen LogP contribution in [0, 0.1) is 18.3 Å². The Kier molecular flexibility index (Phi) is 4.59. The average molecular weight is 354 g/mol. The van der Waals surface area contributed by atoms with Gasteiger partial charge in [-0.1, -0.05) is 6.07 Å². The van der Waals surface area contributed by atoms with Gasteiger partial charge in [0, 0.05) is 6.07 Å². The third-order valence-electron chi connectivity index (χ3n) is 4.08. The highest BCUT2D eigenvalue weighted by Crippen LogP contribution is 2.42. The largest absolute Gasteiger partial charge is 0.493 e. The Morgan fingerprint density at radius 3 is 2.73 bits per heavy atom. The molecule has 0 saturated heterocycles. The van der Waals surface area contributed by atoms with Gasteiger partial charge in [-0.3, -0.25) is 0 Å². The fourth-order valence-electron chi connectivity index (χ4n) is 2.99. The number of hydrogen-bond acceptors (Lipinski definition) is 7. The van der Waals surface area contributed by atoms with Crippen molar-refractivity contribution in [2.75, 3.05) is 13.7 Å². The van der Waals surface area contributed by atoms with E-state index < -0.39 is 11.5 Å². The van der Waals surface area contributed by atoms with Crippen molar-refractivity contribution >= 4 is 0 Å². The van der Waals surface area contributed by atoms with Gasteiger partial charge in [-0.25, -0.2) is 4.79 Å². The second-order valence-corrected chi connectivity index (χ2v) is 5.69. The lowest BCUT2D eigenvalue weighted by Crippen LogP contribution is -2.26. The summed E-state index contributed by atoms with van der Waals surface area (Å²) < 4.78 is 21.6. The highest BCUT2D eigenvalue weighted by Gasteiger charge is 2.34. The maximum atomic E-state index is 12.5. The normalized spacial score (nSPS) is 15.7. The van der Waals surface area contributed by atoms with Gasteiger partial charge in [-0.05, 0) is 31.5 Å². The van der Waals surface area contributed by atoms with E-state index in [1.54, 1.807) is 31.2 Å². The standard InChI is InChI=1S/C19H18N2O5/c1-4-24-14-8-11(5-6-13(14)23-3)16-12(9-20)18(21)26-15-7-10(2)25-19(22)17(15)16/h5-8,16H,4,21H2,1-3H3/t16-/m1/s1. The van der Waals surface area contributed by atoms with Crippen molar-refractivity contribution in [1.29, 1.82) is 5.26 Å². The van der Waals surface area contributed by atoms with Crippen LogP contribution in [0.25, 0.3) is 0 Å². The number of fused-ring (bicyclic) bond motifs is 1. The summed E-state index contributed by atoms with van der Waals surface area (Å²) in [6.07, 6.45) is 0. The molecular weight excluding hydrogens is 336 g/mol. The molecule has 0 spiro atoms. The zero-order valence-corrected chi connectivity index (χ0v) is 14.7. The van der Waals surface area contributed by atoms with Gasteiger partial charge in [0.15, 0.2) is 11.5 Å². The first-order chi connectivity index (χ1) is 12.5. The number of nitrogens with zero attached hydrogens (tertiary/aromatic N) is 1. The van der Waals surface area contributed by atoms with Crippen molar-refractivity contribution in [3.8, 4) is 23.3 Å². The highest BCUT2D eigenvalue weighted by molar-refractivity contribution is 5.57. The molecule has 0 aliphatic carbocycles. The molecule has 0 unspecified atom stereocenters. The Bertz CT molecular complexity index is 984. The molecule has 2 heterocycles. The maximum absolute atomic E-state index is 12.5. The van der Waals surface area contributed by atoms with Crippen molar-refractivity contribution < 1.29 is 18.6 Å². The second-order valence-electron chi connectivity index (χ2n) is 5.69. The zero-order valence-electron chi connectivity index (χ0n) is 14.7. The Balaban J connectivity index is 2.25. The molecule has 2 aromatic rings. The first kappa shape index (κ1) is 17.4. The van der Waals surface area contributed by atoms with Gasteiger partial charge in [-0.15, -0.1) is 0 Å². The lowest BCUT2D eigenvalue weighted by Gasteiger charge is -2.25. The van der Waals surface area contributed by atoms with Crippen molar-refractivity contribution in [3.05, 3.63) is 63.0 Å². The fraction of sp³-hybridized carbons (Fsp3) is 0.263. The third kappa shape index (κ3) is 2.86. The second kappa shape index (κ2) is 6.84. The molecule has 0 radical (unpaired) electrons. The van der Waals surface area contributed by atoms with Gasteiger partial charge < -0.3 is 24.4 Å². The number of rotatable bonds is 4. The molecule has 0 saturated carbocycles. The molecule has 3 rings (SSSR count). The van der Waals surface area contributed by atoms with E-state index in [0.717, 1.165) is 0 Å². The fourth-order valence-corrected chi connectivity index (χ4v) is 2.99. The lowest BCUT2D eigenvalue weighted by molar-refractivity contribution is 0.310. The smallest absolute Gasteiger partial charge is 0.343 e. The first-order valence-corrected chi connectivity index (χ1v) is 8.03. The minimum atomic E-state index is -0.717. The molecule has 0 amide bonds. The van der Waals surface area contributed by atoms with Gasteiger partial charge in [0.2, 0.25) is 5.88 Å². The minimum absolute atomic E-state index is 0.0382. The number of ether oxygens (including phenoxy) is 3. The Morgan fingerprint density at radius 2 is 2.08 bits per heavy atom. The Labute approximate surface area is 150 Å². The van der Waals surface area contributed by atoms with E-state index in [4.69, 9.17) is 24.4 Å². The van der Waals surface area contributed by atoms with E-state index in [0.29, 0.717) is 29.4 Å². The van der Waals surface area contributed by atoms with Gasteiger partial charge in [0.05, 0.1) is 25.2 Å². The first-order valence-electron chi connectivity index (χ1n) is 8.03. The van der Waals surface area contributed by atoms with Crippen molar-refractivity contribution in [2.24, 2.45) is 5.73 Å². The molecule has 7 heteroatoms. The van der Waals surface area contributed by atoms with Gasteiger partial charge in [-0.2, -0.15) is 5.26 Å². The van der Waals surface area contributed by atoms with Crippen molar-refractivity contribution in [3.63, 3.8) is 0 Å². The Morgan fingerprint density at radius 1 is 1.31 bits per heavy atom. The molecule has 1 aliphatic rings. The summed E-state index contributed by atoms with van der Waals surface area (Å²) in [6, 6.07) is 8.83. The molecule has 1 aromatic carbocycles. The van der Waals surface area contributed by atoms with E-state index in [-0.39, 0.29) is 22.8 Å². The van der Waals surface area contributed by atoms with Crippen LogP contribution in [0.3, 0.4) is 0 Å². The number of benzene rings is 1. The van der Waals surface area contributed by atoms with E-state index in [9.17, 15) is 10.1 Å². The molecule has 134 valence electrons. The van der Waals surface area contributed by atoms with Crippen LogP contribution in [0.5, 0.6) is 17.2 Å². The number of hydrogen-bond donors (Lipinski definition) is 1. The molecule has 7 nitrogen and oxygen atoms in total. The lowest BCUT2D eigenvalue weighted by atomic mass is 9.84. The van der Waals surface area contributed by atoms with Gasteiger partial charge in [0.25, 0.3) is 0 Å². The average Bonchev–Trinajstić information content (AvgIpc) is 2.60. The number of aryl methyl sites for hydroxylation is 1. The highest BCUT2D eigenvalue weighted by atomic mass is 16.5. The van der Waals surface area contributed by atoms with Crippen LogP contribution < -0.4 is 25.6 Å². The van der Waals surface area contributed by atoms with Crippen LogP contribution in [0.2, 0.25) is 0 Å². The van der Waals surface area contributed by atoms with Crippen LogP contribution in [0.15, 0.2) is 44.9 Å². The van der Waals surface area contributed by atoms with Crippen LogP contribution in [-0.2, 0) is 0 Å². The van der Waals surface area contributed by atoms with Crippen LogP contribution >= 0.6 is 0 Å². The topological polar surface area (TPSA) is 108 Å². The van der Waals surface area contributed by atoms with Crippen LogP contribution in [0.1, 0.15) is 29.7 Å². The molecule has 26 heavy (non-hydrogen) atoms. The van der Waals surface area contributed by atoms with Crippen LogP contribution in [-0.4, -0.2) is 13.7 Å². The summed E-state index contributed by atoms with van der Waals surface area (Å²) in [4.78, 5) is 12.5. The summed E-state index contributed by atoms with van der Waals surface area (Å²) >= 11 is 0. The van der Waals surface area contributed by atoms with E-state index in [2.05, 4.69) is 0 Å². The van der Waals surface area contributed by atoms with Crippen LogP contribution in [0.4, 0.5) is 0 Å². The third-order valence-corrected chi connectivity index (χ3v) is 4.08. The molecule has 1 aliphatic heterocycles. The quantitative estimate of drug-likeness (QED) is 0.899. The summed E-state index contributed by atoms with van der Waals surface area (Å²) in [5.41, 5.74) is 6.38. The molecule has 0 bridgehead atoms. The van der Waals surface area contributed by atoms with E-state index in [1.165, 1.54) is 7.11 Å². The predicted octanol–water partition coefficient (Wildman–Crippen LogP) is 2.57. The van der Waals surface area contributed by atoms with Crippen molar-refractivity contribution in [2.45, 2.75) is 19.8 Å². The van der Waals surface area contributed by atoms with E-state index in [1.807, 2.05) is 13.0 Å². The SMILES string of the molecule is CCOc1cc([C@@H]2C(C#N)=C(N)Oc3cc(C)oc(=O)c32)ccc1OC. The molecular formula is C19H18N2O5. The number of methoxy groups -OCH3 is 1. The summed E-state index contributed by atoms with van der Waals surface area (Å²) in [7, 11) is 1.54. The molecule has 2 N–H and O–H groups in total. The summed E-state index contributed by atoms with van der Waals surface area (Å²) in [5.74, 6) is 0.983. The monoisotopic (exact) mass is 354 g/mol. The number of nitriles is 1. The molecule has 0 fully saturated rings.